The number of benzene rings is 3. The Bertz CT molecular complexity index is 1050. The first kappa shape index (κ1) is 21.4. The molecule has 3 aromatic rings. The molecular weight excluding hydrogens is 410 g/mol. The molecule has 2 aliphatic rings. The smallest absolute Gasteiger partial charge is 0.253 e. The molecule has 1 aliphatic heterocycles. The number of carbonyl (C=O) groups excluding carboxylic acids is 2. The zero-order valence-electron chi connectivity index (χ0n) is 18.7. The molecule has 0 radical (unpaired) electrons. The SMILES string of the molecule is O=C(Nc1ccc(C(=O)N2CCN(C(c3ccccc3)c3ccccc3)CC2)cc1)C1CC1. The summed E-state index contributed by atoms with van der Waals surface area (Å²) in [6.45, 7) is 3.01. The van der Waals surface area contributed by atoms with Gasteiger partial charge in [-0.25, -0.2) is 0 Å². The van der Waals surface area contributed by atoms with Crippen LogP contribution >= 0.6 is 0 Å². The van der Waals surface area contributed by atoms with E-state index in [1.807, 2.05) is 41.3 Å². The summed E-state index contributed by atoms with van der Waals surface area (Å²) in [6.07, 6.45) is 1.95. The van der Waals surface area contributed by atoms with Crippen molar-refractivity contribution in [2.24, 2.45) is 5.92 Å². The summed E-state index contributed by atoms with van der Waals surface area (Å²) in [6, 6.07) is 28.6. The second kappa shape index (κ2) is 9.59. The van der Waals surface area contributed by atoms with Gasteiger partial charge < -0.3 is 10.2 Å². The summed E-state index contributed by atoms with van der Waals surface area (Å²) in [5, 5.41) is 2.93. The van der Waals surface area contributed by atoms with Gasteiger partial charge in [0.05, 0.1) is 6.04 Å². The summed E-state index contributed by atoms with van der Waals surface area (Å²) in [5.41, 5.74) is 3.96. The number of hydrogen-bond acceptors (Lipinski definition) is 3. The Kier molecular flexibility index (Phi) is 6.22. The number of piperazine rings is 1. The highest BCUT2D eigenvalue weighted by molar-refractivity contribution is 5.96. The van der Waals surface area contributed by atoms with Gasteiger partial charge >= 0.3 is 0 Å². The van der Waals surface area contributed by atoms with Crippen molar-refractivity contribution in [2.45, 2.75) is 18.9 Å². The highest BCUT2D eigenvalue weighted by Crippen LogP contribution is 2.31. The molecule has 5 heteroatoms. The van der Waals surface area contributed by atoms with Crippen LogP contribution in [0.5, 0.6) is 0 Å². The van der Waals surface area contributed by atoms with Crippen LogP contribution in [-0.4, -0.2) is 47.8 Å². The summed E-state index contributed by atoms with van der Waals surface area (Å²) in [5.74, 6) is 0.292. The van der Waals surface area contributed by atoms with Gasteiger partial charge in [0, 0.05) is 43.3 Å². The molecule has 0 spiro atoms. The minimum Gasteiger partial charge on any atom is -0.336 e. The third-order valence-electron chi connectivity index (χ3n) is 6.54. The van der Waals surface area contributed by atoms with Crippen molar-refractivity contribution < 1.29 is 9.59 Å². The molecule has 2 amide bonds. The van der Waals surface area contributed by atoms with E-state index in [1.165, 1.54) is 11.1 Å². The predicted molar refractivity (Wildman–Crippen MR) is 130 cm³/mol. The standard InChI is InChI=1S/C28H29N3O2/c32-27(23-11-12-23)29-25-15-13-24(14-16-25)28(33)31-19-17-30(18-20-31)26(21-7-3-1-4-8-21)22-9-5-2-6-10-22/h1-10,13-16,23,26H,11-12,17-20H2,(H,29,32). The third-order valence-corrected chi connectivity index (χ3v) is 6.54. The Hall–Kier alpha value is -3.44. The van der Waals surface area contributed by atoms with Crippen molar-refractivity contribution in [3.8, 4) is 0 Å². The lowest BCUT2D eigenvalue weighted by Gasteiger charge is -2.39. The van der Waals surface area contributed by atoms with Crippen molar-refractivity contribution in [3.05, 3.63) is 102 Å². The van der Waals surface area contributed by atoms with Crippen LogP contribution in [0.1, 0.15) is 40.4 Å². The molecule has 0 aromatic heterocycles. The van der Waals surface area contributed by atoms with E-state index >= 15 is 0 Å². The van der Waals surface area contributed by atoms with Gasteiger partial charge in [-0.2, -0.15) is 0 Å². The molecule has 5 nitrogen and oxygen atoms in total. The van der Waals surface area contributed by atoms with Crippen molar-refractivity contribution in [1.29, 1.82) is 0 Å². The van der Waals surface area contributed by atoms with Gasteiger partial charge in [-0.15, -0.1) is 0 Å². The molecular formula is C28H29N3O2. The lowest BCUT2D eigenvalue weighted by Crippen LogP contribution is -2.49. The Morgan fingerprint density at radius 3 is 1.79 bits per heavy atom. The molecule has 3 aromatic carbocycles. The molecule has 1 saturated heterocycles. The van der Waals surface area contributed by atoms with Gasteiger partial charge in [-0.1, -0.05) is 60.7 Å². The van der Waals surface area contributed by atoms with E-state index < -0.39 is 0 Å². The number of hydrogen-bond donors (Lipinski definition) is 1. The zero-order chi connectivity index (χ0) is 22.6. The molecule has 1 aliphatic carbocycles. The van der Waals surface area contributed by atoms with E-state index in [9.17, 15) is 9.59 Å². The van der Waals surface area contributed by atoms with Crippen LogP contribution in [0.3, 0.4) is 0 Å². The first-order valence-electron chi connectivity index (χ1n) is 11.7. The Morgan fingerprint density at radius 2 is 1.27 bits per heavy atom. The molecule has 1 N–H and O–H groups in total. The van der Waals surface area contributed by atoms with Crippen molar-refractivity contribution in [1.82, 2.24) is 9.80 Å². The highest BCUT2D eigenvalue weighted by atomic mass is 16.2. The monoisotopic (exact) mass is 439 g/mol. The Labute approximate surface area is 195 Å². The minimum atomic E-state index is 0.0469. The van der Waals surface area contributed by atoms with Crippen molar-refractivity contribution in [2.75, 3.05) is 31.5 Å². The van der Waals surface area contributed by atoms with Gasteiger partial charge in [0.25, 0.3) is 5.91 Å². The van der Waals surface area contributed by atoms with Crippen LogP contribution in [0.25, 0.3) is 0 Å². The lowest BCUT2D eigenvalue weighted by atomic mass is 9.96. The average Bonchev–Trinajstić information content (AvgIpc) is 3.72. The highest BCUT2D eigenvalue weighted by Gasteiger charge is 2.30. The van der Waals surface area contributed by atoms with Crippen LogP contribution in [0.2, 0.25) is 0 Å². The topological polar surface area (TPSA) is 52.7 Å². The van der Waals surface area contributed by atoms with E-state index in [1.54, 1.807) is 0 Å². The Balaban J connectivity index is 1.24. The minimum absolute atomic E-state index is 0.0469. The van der Waals surface area contributed by atoms with Gasteiger partial charge in [-0.3, -0.25) is 14.5 Å². The summed E-state index contributed by atoms with van der Waals surface area (Å²) >= 11 is 0. The second-order valence-corrected chi connectivity index (χ2v) is 8.89. The van der Waals surface area contributed by atoms with E-state index in [2.05, 4.69) is 58.7 Å². The number of nitrogens with zero attached hydrogens (tertiary/aromatic N) is 2. The summed E-state index contributed by atoms with van der Waals surface area (Å²) < 4.78 is 0. The number of carbonyl (C=O) groups is 2. The summed E-state index contributed by atoms with van der Waals surface area (Å²) in [7, 11) is 0. The van der Waals surface area contributed by atoms with Gasteiger partial charge in [0.15, 0.2) is 0 Å². The Morgan fingerprint density at radius 1 is 0.727 bits per heavy atom. The van der Waals surface area contributed by atoms with Crippen molar-refractivity contribution in [3.63, 3.8) is 0 Å². The molecule has 0 atom stereocenters. The van der Waals surface area contributed by atoms with Gasteiger partial charge in [0.1, 0.15) is 0 Å². The van der Waals surface area contributed by atoms with Gasteiger partial charge in [-0.05, 0) is 48.2 Å². The zero-order valence-corrected chi connectivity index (χ0v) is 18.7. The maximum atomic E-state index is 13.1. The third kappa shape index (κ3) is 4.99. The molecule has 1 heterocycles. The quantitative estimate of drug-likeness (QED) is 0.612. The summed E-state index contributed by atoms with van der Waals surface area (Å²) in [4.78, 5) is 29.4. The lowest BCUT2D eigenvalue weighted by molar-refractivity contribution is -0.117. The maximum Gasteiger partial charge on any atom is 0.253 e. The predicted octanol–water partition coefficient (Wildman–Crippen LogP) is 4.58. The number of nitrogens with one attached hydrogen (secondary N) is 1. The number of anilines is 1. The van der Waals surface area contributed by atoms with Crippen LogP contribution < -0.4 is 5.32 Å². The van der Waals surface area contributed by atoms with Crippen LogP contribution in [0, 0.1) is 5.92 Å². The largest absolute Gasteiger partial charge is 0.336 e. The molecule has 0 bridgehead atoms. The number of amides is 2. The average molecular weight is 440 g/mol. The molecule has 2 fully saturated rings. The fourth-order valence-corrected chi connectivity index (χ4v) is 4.54. The molecule has 168 valence electrons. The van der Waals surface area contributed by atoms with Crippen LogP contribution in [0.15, 0.2) is 84.9 Å². The normalized spacial score (nSPS) is 16.6. The van der Waals surface area contributed by atoms with E-state index in [-0.39, 0.29) is 23.8 Å². The van der Waals surface area contributed by atoms with Crippen LogP contribution in [0.4, 0.5) is 5.69 Å². The molecule has 1 saturated carbocycles. The second-order valence-electron chi connectivity index (χ2n) is 8.89. The van der Waals surface area contributed by atoms with E-state index in [4.69, 9.17) is 0 Å². The number of rotatable bonds is 6. The van der Waals surface area contributed by atoms with E-state index in [0.29, 0.717) is 18.7 Å². The molecule has 5 rings (SSSR count). The maximum absolute atomic E-state index is 13.1. The van der Waals surface area contributed by atoms with Gasteiger partial charge in [0.2, 0.25) is 5.91 Å². The molecule has 33 heavy (non-hydrogen) atoms. The fourth-order valence-electron chi connectivity index (χ4n) is 4.54. The molecule has 0 unspecified atom stereocenters. The van der Waals surface area contributed by atoms with Crippen LogP contribution in [-0.2, 0) is 4.79 Å². The fraction of sp³-hybridized carbons (Fsp3) is 0.286. The first-order chi connectivity index (χ1) is 16.2. The van der Waals surface area contributed by atoms with Crippen molar-refractivity contribution >= 4 is 17.5 Å². The first-order valence-corrected chi connectivity index (χ1v) is 11.7. The van der Waals surface area contributed by atoms with E-state index in [0.717, 1.165) is 31.6 Å².